The molecule has 0 aliphatic heterocycles. The summed E-state index contributed by atoms with van der Waals surface area (Å²) < 4.78 is 5.01. The van der Waals surface area contributed by atoms with E-state index in [0.717, 1.165) is 0 Å². The van der Waals surface area contributed by atoms with Gasteiger partial charge in [0.2, 0.25) is 0 Å². The average Bonchev–Trinajstić information content (AvgIpc) is 2.43. The molecule has 116 valence electrons. The van der Waals surface area contributed by atoms with Crippen LogP contribution in [0.3, 0.4) is 0 Å². The summed E-state index contributed by atoms with van der Waals surface area (Å²) in [5, 5.41) is 21.2. The second kappa shape index (κ2) is 7.90. The van der Waals surface area contributed by atoms with Gasteiger partial charge in [0.25, 0.3) is 5.91 Å². The third-order valence-electron chi connectivity index (χ3n) is 2.54. The molecular formula is C14H19NO5S. The first-order chi connectivity index (χ1) is 9.84. The number of ether oxygens (including phenoxy) is 1. The normalized spacial score (nSPS) is 13.3. The molecule has 0 saturated heterocycles. The number of carbonyl (C=O) groups excluding carboxylic acids is 1. The molecule has 6 nitrogen and oxygen atoms in total. The summed E-state index contributed by atoms with van der Waals surface area (Å²) in [6.07, 6.45) is 1.87. The lowest BCUT2D eigenvalue weighted by Gasteiger charge is -2.22. The zero-order chi connectivity index (χ0) is 15.9. The predicted octanol–water partition coefficient (Wildman–Crippen LogP) is 0.994. The van der Waals surface area contributed by atoms with Gasteiger partial charge in [-0.05, 0) is 31.4 Å². The summed E-state index contributed by atoms with van der Waals surface area (Å²) in [6.45, 7) is 1.32. The largest absolute Gasteiger partial charge is 0.482 e. The van der Waals surface area contributed by atoms with Gasteiger partial charge in [-0.2, -0.15) is 11.8 Å². The molecule has 0 spiro atoms. The van der Waals surface area contributed by atoms with Gasteiger partial charge in [0.1, 0.15) is 5.75 Å². The molecule has 0 bridgehead atoms. The zero-order valence-electron chi connectivity index (χ0n) is 12.0. The van der Waals surface area contributed by atoms with Crippen LogP contribution in [-0.2, 0) is 4.79 Å². The fraction of sp³-hybridized carbons (Fsp3) is 0.429. The van der Waals surface area contributed by atoms with Crippen molar-refractivity contribution < 1.29 is 24.5 Å². The smallest absolute Gasteiger partial charge is 0.341 e. The van der Waals surface area contributed by atoms with Crippen LogP contribution in [0.2, 0.25) is 0 Å². The van der Waals surface area contributed by atoms with Crippen LogP contribution in [0, 0.1) is 0 Å². The standard InChI is InChI=1S/C14H19NO5S/c1-14(19,9-21-2)8-15-13(18)10-4-3-5-11(6-10)20-7-12(16)17/h3-6,19H,7-9H2,1-2H3,(H,15,18)(H,16,17). The van der Waals surface area contributed by atoms with Crippen LogP contribution in [0.5, 0.6) is 5.75 Å². The van der Waals surface area contributed by atoms with Crippen LogP contribution in [0.1, 0.15) is 17.3 Å². The van der Waals surface area contributed by atoms with Crippen molar-refractivity contribution in [2.75, 3.05) is 25.2 Å². The summed E-state index contributed by atoms with van der Waals surface area (Å²) >= 11 is 1.49. The molecule has 1 rings (SSSR count). The highest BCUT2D eigenvalue weighted by Crippen LogP contribution is 2.14. The lowest BCUT2D eigenvalue weighted by Crippen LogP contribution is -2.42. The Morgan fingerprint density at radius 1 is 1.43 bits per heavy atom. The predicted molar refractivity (Wildman–Crippen MR) is 80.9 cm³/mol. The molecule has 0 heterocycles. The second-order valence-corrected chi connectivity index (χ2v) is 5.69. The maximum Gasteiger partial charge on any atom is 0.341 e. The number of carboxylic acid groups (broad SMARTS) is 1. The van der Waals surface area contributed by atoms with E-state index in [-0.39, 0.29) is 12.5 Å². The maximum absolute atomic E-state index is 12.0. The highest BCUT2D eigenvalue weighted by molar-refractivity contribution is 7.98. The van der Waals surface area contributed by atoms with Gasteiger partial charge in [0.05, 0.1) is 5.60 Å². The molecule has 1 aromatic rings. The van der Waals surface area contributed by atoms with Gasteiger partial charge in [-0.1, -0.05) is 6.07 Å². The minimum atomic E-state index is -1.09. The molecule has 1 amide bonds. The van der Waals surface area contributed by atoms with Crippen LogP contribution >= 0.6 is 11.8 Å². The highest BCUT2D eigenvalue weighted by atomic mass is 32.2. The number of carboxylic acids is 1. The Morgan fingerprint density at radius 2 is 2.14 bits per heavy atom. The van der Waals surface area contributed by atoms with Crippen molar-refractivity contribution in [3.63, 3.8) is 0 Å². The van der Waals surface area contributed by atoms with Crippen molar-refractivity contribution in [2.45, 2.75) is 12.5 Å². The number of nitrogens with one attached hydrogen (secondary N) is 1. The van der Waals surface area contributed by atoms with E-state index in [1.807, 2.05) is 6.26 Å². The summed E-state index contributed by atoms with van der Waals surface area (Å²) in [4.78, 5) is 22.4. The minimum absolute atomic E-state index is 0.132. The Bertz CT molecular complexity index is 504. The minimum Gasteiger partial charge on any atom is -0.482 e. The molecule has 1 aromatic carbocycles. The van der Waals surface area contributed by atoms with E-state index in [0.29, 0.717) is 17.1 Å². The SMILES string of the molecule is CSCC(C)(O)CNC(=O)c1cccc(OCC(=O)O)c1. The van der Waals surface area contributed by atoms with Gasteiger partial charge in [-0.15, -0.1) is 0 Å². The maximum atomic E-state index is 12.0. The van der Waals surface area contributed by atoms with E-state index in [9.17, 15) is 14.7 Å². The van der Waals surface area contributed by atoms with E-state index in [1.54, 1.807) is 25.1 Å². The van der Waals surface area contributed by atoms with Gasteiger partial charge in [-0.3, -0.25) is 4.79 Å². The number of hydrogen-bond donors (Lipinski definition) is 3. The number of aliphatic hydroxyl groups is 1. The van der Waals surface area contributed by atoms with E-state index in [2.05, 4.69) is 5.32 Å². The molecule has 0 aliphatic rings. The first-order valence-electron chi connectivity index (χ1n) is 6.28. The molecule has 0 aliphatic carbocycles. The number of carbonyl (C=O) groups is 2. The second-order valence-electron chi connectivity index (χ2n) is 4.82. The lowest BCUT2D eigenvalue weighted by atomic mass is 10.1. The average molecular weight is 313 g/mol. The third kappa shape index (κ3) is 6.50. The van der Waals surface area contributed by atoms with Crippen LogP contribution in [-0.4, -0.2) is 52.9 Å². The molecule has 0 aromatic heterocycles. The molecule has 1 unspecified atom stereocenters. The van der Waals surface area contributed by atoms with Crippen LogP contribution in [0.25, 0.3) is 0 Å². The molecule has 3 N–H and O–H groups in total. The first-order valence-corrected chi connectivity index (χ1v) is 7.67. The quantitative estimate of drug-likeness (QED) is 0.662. The van der Waals surface area contributed by atoms with Crippen molar-refractivity contribution in [3.05, 3.63) is 29.8 Å². The van der Waals surface area contributed by atoms with Gasteiger partial charge in [0, 0.05) is 17.9 Å². The third-order valence-corrected chi connectivity index (χ3v) is 3.45. The molecule has 0 fully saturated rings. The number of hydrogen-bond acceptors (Lipinski definition) is 5. The van der Waals surface area contributed by atoms with Crippen LogP contribution in [0.15, 0.2) is 24.3 Å². The molecular weight excluding hydrogens is 294 g/mol. The van der Waals surface area contributed by atoms with Crippen LogP contribution < -0.4 is 10.1 Å². The van der Waals surface area contributed by atoms with E-state index < -0.39 is 18.2 Å². The summed E-state index contributed by atoms with van der Waals surface area (Å²) in [5.41, 5.74) is -0.634. The summed E-state index contributed by atoms with van der Waals surface area (Å²) in [6, 6.07) is 6.23. The van der Waals surface area contributed by atoms with E-state index >= 15 is 0 Å². The zero-order valence-corrected chi connectivity index (χ0v) is 12.8. The van der Waals surface area contributed by atoms with Crippen LogP contribution in [0.4, 0.5) is 0 Å². The van der Waals surface area contributed by atoms with Crippen molar-refractivity contribution >= 4 is 23.6 Å². The van der Waals surface area contributed by atoms with Gasteiger partial charge >= 0.3 is 5.97 Å². The lowest BCUT2D eigenvalue weighted by molar-refractivity contribution is -0.139. The number of aliphatic carboxylic acids is 1. The fourth-order valence-electron chi connectivity index (χ4n) is 1.61. The first kappa shape index (κ1) is 17.3. The Morgan fingerprint density at radius 3 is 2.76 bits per heavy atom. The van der Waals surface area contributed by atoms with E-state index in [4.69, 9.17) is 9.84 Å². The molecule has 21 heavy (non-hydrogen) atoms. The number of thioether (sulfide) groups is 1. The van der Waals surface area contributed by atoms with Gasteiger partial charge in [0.15, 0.2) is 6.61 Å². The van der Waals surface area contributed by atoms with E-state index in [1.165, 1.54) is 17.8 Å². The Balaban J connectivity index is 2.62. The van der Waals surface area contributed by atoms with Crippen molar-refractivity contribution in [3.8, 4) is 5.75 Å². The Hall–Kier alpha value is -1.73. The number of rotatable bonds is 8. The Kier molecular flexibility index (Phi) is 6.51. The Labute approximate surface area is 127 Å². The van der Waals surface area contributed by atoms with Crippen molar-refractivity contribution in [1.82, 2.24) is 5.32 Å². The number of benzene rings is 1. The molecule has 7 heteroatoms. The molecule has 1 atom stereocenters. The number of amides is 1. The van der Waals surface area contributed by atoms with Gasteiger partial charge in [-0.25, -0.2) is 4.79 Å². The monoisotopic (exact) mass is 313 g/mol. The molecule has 0 saturated carbocycles. The summed E-state index contributed by atoms with van der Waals surface area (Å²) in [7, 11) is 0. The fourth-order valence-corrected chi connectivity index (χ4v) is 2.33. The molecule has 0 radical (unpaired) electrons. The summed E-state index contributed by atoms with van der Waals surface area (Å²) in [5.74, 6) is -0.620. The van der Waals surface area contributed by atoms with Gasteiger partial charge < -0.3 is 20.3 Å². The topological polar surface area (TPSA) is 95.9 Å². The highest BCUT2D eigenvalue weighted by Gasteiger charge is 2.20. The van der Waals surface area contributed by atoms with Crippen molar-refractivity contribution in [2.24, 2.45) is 0 Å². The van der Waals surface area contributed by atoms with Crippen molar-refractivity contribution in [1.29, 1.82) is 0 Å².